The molecule has 2 aromatic heterocycles. The first-order chi connectivity index (χ1) is 13.5. The number of aliphatic hydroxyl groups excluding tert-OH is 1. The Hall–Kier alpha value is -2.70. The minimum Gasteiger partial charge on any atom is -0.394 e. The molecule has 0 spiro atoms. The summed E-state index contributed by atoms with van der Waals surface area (Å²) in [4.78, 5) is 13.3. The lowest BCUT2D eigenvalue weighted by Crippen LogP contribution is -2.30. The largest absolute Gasteiger partial charge is 0.394 e. The summed E-state index contributed by atoms with van der Waals surface area (Å²) in [5, 5.41) is 16.8. The highest BCUT2D eigenvalue weighted by Gasteiger charge is 2.15. The number of aryl methyl sites for hydroxylation is 1. The Labute approximate surface area is 170 Å². The highest BCUT2D eigenvalue weighted by molar-refractivity contribution is 6.33. The molecule has 0 saturated heterocycles. The van der Waals surface area contributed by atoms with E-state index < -0.39 is 0 Å². The molecule has 0 saturated carbocycles. The molecule has 1 atom stereocenters. The zero-order chi connectivity index (χ0) is 20.1. The van der Waals surface area contributed by atoms with Gasteiger partial charge in [0.15, 0.2) is 0 Å². The first-order valence-electron chi connectivity index (χ1n) is 9.16. The number of nitrogens with zero attached hydrogens (tertiary/aromatic N) is 3. The van der Waals surface area contributed by atoms with Crippen molar-refractivity contribution >= 4 is 29.1 Å². The van der Waals surface area contributed by atoms with Crippen molar-refractivity contribution < 1.29 is 5.11 Å². The Morgan fingerprint density at radius 2 is 1.82 bits per heavy atom. The van der Waals surface area contributed by atoms with Crippen LogP contribution in [0.25, 0.3) is 11.3 Å². The Kier molecular flexibility index (Phi) is 6.44. The smallest absolute Gasteiger partial charge is 0.225 e. The molecule has 0 fully saturated rings. The number of aliphatic hydroxyl groups is 1. The van der Waals surface area contributed by atoms with Gasteiger partial charge < -0.3 is 15.7 Å². The van der Waals surface area contributed by atoms with Crippen LogP contribution in [-0.2, 0) is 0 Å². The molecular weight excluding hydrogens is 374 g/mol. The fraction of sp³-hybridized carbons (Fsp3) is 0.286. The molecule has 6 nitrogen and oxygen atoms in total. The number of anilines is 3. The topological polar surface area (TPSA) is 83.0 Å². The highest BCUT2D eigenvalue weighted by atomic mass is 35.5. The third-order valence-electron chi connectivity index (χ3n) is 4.41. The van der Waals surface area contributed by atoms with Gasteiger partial charge in [0.2, 0.25) is 5.95 Å². The monoisotopic (exact) mass is 397 g/mol. The minimum atomic E-state index is -0.150. The van der Waals surface area contributed by atoms with E-state index in [9.17, 15) is 5.11 Å². The number of benzene rings is 1. The Balaban J connectivity index is 1.99. The molecular formula is C21H24ClN5O. The van der Waals surface area contributed by atoms with Crippen molar-refractivity contribution in [2.75, 3.05) is 17.2 Å². The second-order valence-corrected chi connectivity index (χ2v) is 7.39. The molecule has 1 aromatic carbocycles. The summed E-state index contributed by atoms with van der Waals surface area (Å²) < 4.78 is 0. The van der Waals surface area contributed by atoms with Crippen LogP contribution in [0.3, 0.4) is 0 Å². The number of aromatic nitrogens is 3. The van der Waals surface area contributed by atoms with E-state index in [4.69, 9.17) is 11.6 Å². The van der Waals surface area contributed by atoms with Crippen LogP contribution in [0.4, 0.5) is 17.5 Å². The average molecular weight is 398 g/mol. The molecule has 0 bridgehead atoms. The van der Waals surface area contributed by atoms with Crippen LogP contribution < -0.4 is 10.6 Å². The van der Waals surface area contributed by atoms with Crippen molar-refractivity contribution in [3.8, 4) is 11.3 Å². The van der Waals surface area contributed by atoms with Gasteiger partial charge in [-0.25, -0.2) is 4.98 Å². The van der Waals surface area contributed by atoms with Crippen LogP contribution in [0.5, 0.6) is 0 Å². The van der Waals surface area contributed by atoms with Crippen LogP contribution in [0.2, 0.25) is 5.02 Å². The third-order valence-corrected chi connectivity index (χ3v) is 4.72. The molecule has 0 amide bonds. The number of nitrogens with one attached hydrogen (secondary N) is 2. The van der Waals surface area contributed by atoms with Gasteiger partial charge in [-0.3, -0.25) is 4.98 Å². The van der Waals surface area contributed by atoms with Gasteiger partial charge in [0, 0.05) is 24.0 Å². The van der Waals surface area contributed by atoms with Gasteiger partial charge in [0.25, 0.3) is 0 Å². The van der Waals surface area contributed by atoms with Gasteiger partial charge in [-0.1, -0.05) is 31.5 Å². The number of hydrogen-bond acceptors (Lipinski definition) is 6. The maximum atomic E-state index is 9.65. The lowest BCUT2D eigenvalue weighted by atomic mass is 10.1. The maximum Gasteiger partial charge on any atom is 0.225 e. The summed E-state index contributed by atoms with van der Waals surface area (Å²) in [7, 11) is 0. The fourth-order valence-corrected chi connectivity index (χ4v) is 2.98. The Morgan fingerprint density at radius 3 is 2.46 bits per heavy atom. The predicted molar refractivity (Wildman–Crippen MR) is 114 cm³/mol. The normalized spacial score (nSPS) is 12.1. The highest BCUT2D eigenvalue weighted by Crippen LogP contribution is 2.28. The van der Waals surface area contributed by atoms with Crippen LogP contribution in [0, 0.1) is 12.8 Å². The van der Waals surface area contributed by atoms with Crippen molar-refractivity contribution in [3.63, 3.8) is 0 Å². The molecule has 0 aliphatic rings. The first kappa shape index (κ1) is 20.0. The second-order valence-electron chi connectivity index (χ2n) is 6.98. The van der Waals surface area contributed by atoms with E-state index in [2.05, 4.69) is 25.6 Å². The van der Waals surface area contributed by atoms with Crippen molar-refractivity contribution in [1.82, 2.24) is 15.0 Å². The zero-order valence-electron chi connectivity index (χ0n) is 16.1. The molecule has 2 heterocycles. The van der Waals surface area contributed by atoms with E-state index in [0.717, 1.165) is 22.5 Å². The summed E-state index contributed by atoms with van der Waals surface area (Å²) in [6.07, 6.45) is 3.44. The first-order valence-corrected chi connectivity index (χ1v) is 9.54. The second kappa shape index (κ2) is 8.99. The molecule has 28 heavy (non-hydrogen) atoms. The fourth-order valence-electron chi connectivity index (χ4n) is 2.69. The molecule has 0 aliphatic carbocycles. The standard InChI is InChI=1S/C21H24ClN5O/c1-13(2)19(12-28)26-21-25-18(15-6-8-23-9-7-15)11-20(27-21)24-17-5-4-14(3)10-16(17)22/h4-11,13,19,28H,12H2,1-3H3,(H2,24,25,26,27)/t19-/m1/s1. The molecule has 0 unspecified atom stereocenters. The Bertz CT molecular complexity index is 933. The van der Waals surface area contributed by atoms with Crippen LogP contribution in [0.15, 0.2) is 48.8 Å². The van der Waals surface area contributed by atoms with Gasteiger partial charge in [-0.15, -0.1) is 0 Å². The van der Waals surface area contributed by atoms with Crippen molar-refractivity contribution in [2.24, 2.45) is 5.92 Å². The molecule has 7 heteroatoms. The predicted octanol–water partition coefficient (Wildman–Crippen LogP) is 4.67. The molecule has 3 rings (SSSR count). The summed E-state index contributed by atoms with van der Waals surface area (Å²) in [5.74, 6) is 1.27. The van der Waals surface area contributed by atoms with E-state index in [1.807, 2.05) is 57.2 Å². The summed E-state index contributed by atoms with van der Waals surface area (Å²) in [5.41, 5.74) is 3.51. The number of pyridine rings is 1. The van der Waals surface area contributed by atoms with Crippen LogP contribution in [0.1, 0.15) is 19.4 Å². The van der Waals surface area contributed by atoms with Crippen molar-refractivity contribution in [1.29, 1.82) is 0 Å². The third kappa shape index (κ3) is 4.97. The Morgan fingerprint density at radius 1 is 1.07 bits per heavy atom. The van der Waals surface area contributed by atoms with E-state index in [1.165, 1.54) is 0 Å². The maximum absolute atomic E-state index is 9.65. The van der Waals surface area contributed by atoms with Gasteiger partial charge in [0.05, 0.1) is 29.1 Å². The van der Waals surface area contributed by atoms with Crippen LogP contribution >= 0.6 is 11.6 Å². The van der Waals surface area contributed by atoms with Gasteiger partial charge in [-0.2, -0.15) is 4.98 Å². The van der Waals surface area contributed by atoms with Crippen LogP contribution in [-0.4, -0.2) is 32.7 Å². The van der Waals surface area contributed by atoms with E-state index in [1.54, 1.807) is 12.4 Å². The number of hydrogen-bond donors (Lipinski definition) is 3. The van der Waals surface area contributed by atoms with Crippen molar-refractivity contribution in [3.05, 3.63) is 59.4 Å². The summed E-state index contributed by atoms with van der Waals surface area (Å²) in [6, 6.07) is 11.3. The average Bonchev–Trinajstić information content (AvgIpc) is 2.68. The summed E-state index contributed by atoms with van der Waals surface area (Å²) >= 11 is 6.36. The quantitative estimate of drug-likeness (QED) is 0.537. The minimum absolute atomic E-state index is 0.00688. The van der Waals surface area contributed by atoms with Gasteiger partial charge in [-0.05, 0) is 42.7 Å². The number of rotatable bonds is 7. The zero-order valence-corrected chi connectivity index (χ0v) is 16.9. The number of halogens is 1. The van der Waals surface area contributed by atoms with E-state index in [0.29, 0.717) is 16.8 Å². The molecule has 3 aromatic rings. The van der Waals surface area contributed by atoms with Gasteiger partial charge in [0.1, 0.15) is 5.82 Å². The summed E-state index contributed by atoms with van der Waals surface area (Å²) in [6.45, 7) is 6.05. The van der Waals surface area contributed by atoms with E-state index in [-0.39, 0.29) is 18.6 Å². The SMILES string of the molecule is Cc1ccc(Nc2cc(-c3ccncc3)nc(N[C@H](CO)C(C)C)n2)c(Cl)c1. The lowest BCUT2D eigenvalue weighted by molar-refractivity contribution is 0.248. The molecule has 3 N–H and O–H groups in total. The van der Waals surface area contributed by atoms with Gasteiger partial charge >= 0.3 is 0 Å². The molecule has 0 aliphatic heterocycles. The van der Waals surface area contributed by atoms with E-state index >= 15 is 0 Å². The van der Waals surface area contributed by atoms with Crippen molar-refractivity contribution in [2.45, 2.75) is 26.8 Å². The molecule has 0 radical (unpaired) electrons. The molecule has 146 valence electrons. The lowest BCUT2D eigenvalue weighted by Gasteiger charge is -2.21.